The second-order valence-electron chi connectivity index (χ2n) is 21.1. The van der Waals surface area contributed by atoms with Crippen LogP contribution in [0.4, 0.5) is 40.3 Å². The van der Waals surface area contributed by atoms with E-state index in [0.717, 1.165) is 13.0 Å². The molecule has 0 saturated heterocycles. The molecule has 0 saturated carbocycles. The number of amides is 10. The predicted octanol–water partition coefficient (Wildman–Crippen LogP) is 1.82. The van der Waals surface area contributed by atoms with Crippen molar-refractivity contribution in [1.29, 1.82) is 0 Å². The molecule has 0 spiro atoms. The number of hydrogen-bond acceptors (Lipinski definition) is 15. The number of nitrogens with zero attached hydrogens (tertiary/aromatic N) is 13. The summed E-state index contributed by atoms with van der Waals surface area (Å²) in [5.41, 5.74) is 1.72. The van der Waals surface area contributed by atoms with Crippen molar-refractivity contribution in [3.05, 3.63) is 126 Å². The van der Waals surface area contributed by atoms with E-state index in [4.69, 9.17) is 0 Å². The quantitative estimate of drug-likeness (QED) is 0.0346. The number of hydrogen-bond donors (Lipinski definition) is 10. The van der Waals surface area contributed by atoms with Gasteiger partial charge < -0.3 is 94.6 Å². The maximum absolute atomic E-state index is 13.4. The third kappa shape index (κ3) is 16.1. The summed E-state index contributed by atoms with van der Waals surface area (Å²) in [6.45, 7) is 1.55. The molecule has 8 aromatic rings. The SMILES string of the molecule is CN(C)CCCNC(=O)CCNC(=O)c1nc(NC(=O)c2cc(NC(=O)c3nc(NC(=O)c4cc(NC(=O)CCCNC(=O)c5nc(NC(=O)c6cc(NC(=O)c7nc(NC(=O)c8cccn8C)cn7C)cn6C)cn5C)cn4C)cn3C)cn2C)cn1C. The summed E-state index contributed by atoms with van der Waals surface area (Å²) in [7, 11) is 16.7. The molecular formula is C56H69N23O10. The summed E-state index contributed by atoms with van der Waals surface area (Å²) < 4.78 is 11.8. The molecule has 33 nitrogen and oxygen atoms in total. The molecule has 0 aliphatic rings. The van der Waals surface area contributed by atoms with Gasteiger partial charge in [0.05, 0.1) is 17.1 Å². The fourth-order valence-corrected chi connectivity index (χ4v) is 9.15. The molecule has 0 atom stereocenters. The number of aryl methyl sites for hydroxylation is 8. The Bertz CT molecular complexity index is 4020. The van der Waals surface area contributed by atoms with Crippen LogP contribution < -0.4 is 53.2 Å². The second kappa shape index (κ2) is 27.8. The van der Waals surface area contributed by atoms with E-state index in [1.807, 2.05) is 19.0 Å². The van der Waals surface area contributed by atoms with E-state index in [9.17, 15) is 47.9 Å². The lowest BCUT2D eigenvalue weighted by Gasteiger charge is -2.10. The van der Waals surface area contributed by atoms with Crippen LogP contribution in [0, 0.1) is 0 Å². The number of anilines is 7. The van der Waals surface area contributed by atoms with Crippen molar-refractivity contribution in [3.8, 4) is 0 Å². The number of carbonyl (C=O) groups excluding carboxylic acids is 10. The van der Waals surface area contributed by atoms with E-state index in [0.29, 0.717) is 17.9 Å². The fourth-order valence-electron chi connectivity index (χ4n) is 9.15. The van der Waals surface area contributed by atoms with Gasteiger partial charge >= 0.3 is 0 Å². The van der Waals surface area contributed by atoms with Crippen LogP contribution in [0.2, 0.25) is 0 Å². The van der Waals surface area contributed by atoms with Gasteiger partial charge in [-0.05, 0) is 63.8 Å². The number of carbonyl (C=O) groups is 10. The highest BCUT2D eigenvalue weighted by Crippen LogP contribution is 2.21. The van der Waals surface area contributed by atoms with Crippen LogP contribution >= 0.6 is 0 Å². The first-order valence-corrected chi connectivity index (χ1v) is 27.7. The highest BCUT2D eigenvalue weighted by molar-refractivity contribution is 6.09. The van der Waals surface area contributed by atoms with Gasteiger partial charge in [0, 0.05) is 138 Å². The van der Waals surface area contributed by atoms with Crippen LogP contribution in [0.15, 0.2) is 79.9 Å². The molecule has 8 rings (SSSR count). The molecule has 0 bridgehead atoms. The lowest BCUT2D eigenvalue weighted by Crippen LogP contribution is -2.32. The summed E-state index contributed by atoms with van der Waals surface area (Å²) in [5, 5.41) is 27.0. The summed E-state index contributed by atoms with van der Waals surface area (Å²) in [6.07, 6.45) is 13.3. The van der Waals surface area contributed by atoms with Crippen molar-refractivity contribution in [3.63, 3.8) is 0 Å². The lowest BCUT2D eigenvalue weighted by molar-refractivity contribution is -0.121. The standard InChI is InChI=1S/C56H69N23O10/c1-71(2)20-13-18-57-43(80)16-19-59-54(87)46-64-40(29-77(46)8)69-52(85)38-24-34(27-75(38)6)62-56(89)48-66-42(31-79(48)10)70-50(83)36-22-32(25-73(36)4)60-44(81)15-11-17-58-53(86)45-63-39(28-76(45)7)68-51(84)37-23-33(26-74(37)5)61-55(88)47-65-41(30-78(47)9)67-49(82)35-14-12-21-72(35)3/h12,14,21-31H,11,13,15-20H2,1-10H3,(H,57,80)(H,58,86)(H,59,87)(H,60,81)(H,61,88)(H,62,89)(H,67,82)(H,68,84)(H,69,85)(H,70,83). The fraction of sp³-hybridized carbons (Fsp3) is 0.321. The van der Waals surface area contributed by atoms with Gasteiger partial charge in [-0.1, -0.05) is 0 Å². The van der Waals surface area contributed by atoms with Gasteiger partial charge in [0.2, 0.25) is 35.1 Å². The zero-order valence-electron chi connectivity index (χ0n) is 50.6. The summed E-state index contributed by atoms with van der Waals surface area (Å²) >= 11 is 0. The second-order valence-corrected chi connectivity index (χ2v) is 21.1. The Labute approximate surface area is 508 Å². The Kier molecular flexibility index (Phi) is 19.9. The number of imidazole rings is 4. The van der Waals surface area contributed by atoms with Gasteiger partial charge in [-0.3, -0.25) is 47.9 Å². The Hall–Kier alpha value is -11.4. The molecule has 468 valence electrons. The smallest absolute Gasteiger partial charge is 0.291 e. The van der Waals surface area contributed by atoms with Crippen molar-refractivity contribution >= 4 is 99.4 Å². The Morgan fingerprint density at radius 2 is 0.742 bits per heavy atom. The number of nitrogens with one attached hydrogen (secondary N) is 10. The monoisotopic (exact) mass is 1220 g/mol. The van der Waals surface area contributed by atoms with Crippen LogP contribution in [-0.4, -0.2) is 161 Å². The van der Waals surface area contributed by atoms with E-state index in [2.05, 4.69) is 73.1 Å². The van der Waals surface area contributed by atoms with Crippen LogP contribution in [0.5, 0.6) is 0 Å². The minimum Gasteiger partial charge on any atom is -0.356 e. The zero-order valence-corrected chi connectivity index (χ0v) is 50.6. The first kappa shape index (κ1) is 63.6. The highest BCUT2D eigenvalue weighted by atomic mass is 16.2. The van der Waals surface area contributed by atoms with Gasteiger partial charge in [0.25, 0.3) is 47.3 Å². The minimum absolute atomic E-state index is 0.0000351. The minimum atomic E-state index is -0.652. The zero-order chi connectivity index (χ0) is 64.4. The van der Waals surface area contributed by atoms with E-state index in [-0.39, 0.29) is 113 Å². The maximum Gasteiger partial charge on any atom is 0.291 e. The molecule has 0 aliphatic carbocycles. The predicted molar refractivity (Wildman–Crippen MR) is 326 cm³/mol. The normalized spacial score (nSPS) is 11.0. The molecule has 8 heterocycles. The van der Waals surface area contributed by atoms with Crippen molar-refractivity contribution in [2.45, 2.75) is 25.7 Å². The molecule has 0 aliphatic heterocycles. The van der Waals surface area contributed by atoms with Crippen molar-refractivity contribution in [1.82, 2.24) is 77.3 Å². The lowest BCUT2D eigenvalue weighted by atomic mass is 10.3. The Balaban J connectivity index is 0.747. The van der Waals surface area contributed by atoms with Gasteiger partial charge in [0.1, 0.15) is 22.8 Å². The van der Waals surface area contributed by atoms with Gasteiger partial charge in [-0.2, -0.15) is 0 Å². The first-order chi connectivity index (χ1) is 42.3. The average molecular weight is 1220 g/mol. The highest BCUT2D eigenvalue weighted by Gasteiger charge is 2.24. The molecule has 10 amide bonds. The van der Waals surface area contributed by atoms with Crippen LogP contribution in [-0.2, 0) is 66.0 Å². The van der Waals surface area contributed by atoms with E-state index in [1.165, 1.54) is 93.5 Å². The molecular weight excluding hydrogens is 1150 g/mol. The third-order valence-corrected chi connectivity index (χ3v) is 13.6. The molecule has 0 radical (unpaired) electrons. The van der Waals surface area contributed by atoms with Crippen molar-refractivity contribution in [2.75, 3.05) is 77.5 Å². The largest absolute Gasteiger partial charge is 0.356 e. The summed E-state index contributed by atoms with van der Waals surface area (Å²) in [4.78, 5) is 150. The molecule has 33 heteroatoms. The maximum atomic E-state index is 13.4. The van der Waals surface area contributed by atoms with E-state index < -0.39 is 53.2 Å². The Morgan fingerprint density at radius 3 is 1.13 bits per heavy atom. The summed E-state index contributed by atoms with van der Waals surface area (Å²) in [5.74, 6) is -4.76. The van der Waals surface area contributed by atoms with E-state index >= 15 is 0 Å². The molecule has 89 heavy (non-hydrogen) atoms. The van der Waals surface area contributed by atoms with Gasteiger partial charge in [-0.15, -0.1) is 0 Å². The molecule has 0 unspecified atom stereocenters. The molecule has 0 fully saturated rings. The summed E-state index contributed by atoms with van der Waals surface area (Å²) in [6, 6.07) is 7.72. The number of rotatable bonds is 26. The number of aromatic nitrogens is 12. The Morgan fingerprint density at radius 1 is 0.371 bits per heavy atom. The van der Waals surface area contributed by atoms with Crippen LogP contribution in [0.25, 0.3) is 0 Å². The van der Waals surface area contributed by atoms with Crippen LogP contribution in [0.3, 0.4) is 0 Å². The molecule has 10 N–H and O–H groups in total. The van der Waals surface area contributed by atoms with E-state index in [1.54, 1.807) is 79.3 Å². The van der Waals surface area contributed by atoms with Gasteiger partial charge in [0.15, 0.2) is 23.3 Å². The molecule has 0 aromatic carbocycles. The van der Waals surface area contributed by atoms with Crippen LogP contribution in [0.1, 0.15) is 110 Å². The van der Waals surface area contributed by atoms with Crippen molar-refractivity contribution in [2.24, 2.45) is 56.4 Å². The van der Waals surface area contributed by atoms with Gasteiger partial charge in [-0.25, -0.2) is 19.9 Å². The van der Waals surface area contributed by atoms with Crippen molar-refractivity contribution < 1.29 is 47.9 Å². The topological polar surface area (TPSA) is 385 Å². The first-order valence-electron chi connectivity index (χ1n) is 27.7. The molecule has 8 aromatic heterocycles. The average Bonchev–Trinajstić information content (AvgIpc) is 2.77. The third-order valence-electron chi connectivity index (χ3n) is 13.6.